The van der Waals surface area contributed by atoms with Gasteiger partial charge in [0.15, 0.2) is 6.79 Å². The first kappa shape index (κ1) is 10.4. The van der Waals surface area contributed by atoms with Gasteiger partial charge < -0.3 is 9.84 Å². The molecule has 0 atom stereocenters. The lowest BCUT2D eigenvalue weighted by molar-refractivity contribution is -0.145. The number of aliphatic hydroxyl groups is 1. The number of ether oxygens (including phenoxy) is 1. The van der Waals surface area contributed by atoms with Crippen molar-refractivity contribution in [1.29, 1.82) is 0 Å². The lowest BCUT2D eigenvalue weighted by atomic mass is 10.7. The minimum absolute atomic E-state index is 0. The first-order chi connectivity index (χ1) is 3.31. The normalized spacial score (nSPS) is 6.62. The van der Waals surface area contributed by atoms with E-state index in [0.717, 1.165) is 6.08 Å². The van der Waals surface area contributed by atoms with Gasteiger partial charge in [0.2, 0.25) is 0 Å². The van der Waals surface area contributed by atoms with E-state index in [0.29, 0.717) is 0 Å². The Kier molecular flexibility index (Phi) is 8.43. The number of aliphatic hydroxyl groups excluding tert-OH is 1. The van der Waals surface area contributed by atoms with Crippen LogP contribution in [0.15, 0.2) is 12.7 Å². The van der Waals surface area contributed by atoms with E-state index < -0.39 is 12.8 Å². The molecule has 0 heterocycles. The van der Waals surface area contributed by atoms with Crippen molar-refractivity contribution in [3.8, 4) is 0 Å². The van der Waals surface area contributed by atoms with Crippen molar-refractivity contribution in [2.24, 2.45) is 0 Å². The second kappa shape index (κ2) is 6.46. The average Bonchev–Trinajstić information content (AvgIpc) is 1.68. The molecule has 0 aliphatic rings. The van der Waals surface area contributed by atoms with E-state index in [9.17, 15) is 4.79 Å². The fourth-order valence-electron chi connectivity index (χ4n) is 0.123. The highest BCUT2D eigenvalue weighted by atomic mass is 35.5. The second-order valence-electron chi connectivity index (χ2n) is 0.797. The maximum absolute atomic E-state index is 9.91. The smallest absolute Gasteiger partial charge is 0.332 e. The van der Waals surface area contributed by atoms with Crippen LogP contribution in [0.25, 0.3) is 0 Å². The van der Waals surface area contributed by atoms with Crippen LogP contribution >= 0.6 is 12.4 Å². The van der Waals surface area contributed by atoms with Crippen LogP contribution in [-0.4, -0.2) is 17.9 Å². The van der Waals surface area contributed by atoms with Crippen LogP contribution in [0.3, 0.4) is 0 Å². The zero-order valence-electron chi connectivity index (χ0n) is 4.16. The number of rotatable bonds is 2. The highest BCUT2D eigenvalue weighted by Gasteiger charge is 1.87. The summed E-state index contributed by atoms with van der Waals surface area (Å²) in [7, 11) is 0. The Morgan fingerprint density at radius 1 is 1.88 bits per heavy atom. The molecule has 0 rings (SSSR count). The molecule has 0 saturated heterocycles. The van der Waals surface area contributed by atoms with Gasteiger partial charge in [-0.2, -0.15) is 0 Å². The standard InChI is InChI=1S/C4H6O3.ClH/c1-2-4(6)7-3-5;/h2,5H,1,3H2;1H. The monoisotopic (exact) mass is 138 g/mol. The van der Waals surface area contributed by atoms with Crippen molar-refractivity contribution in [3.05, 3.63) is 12.7 Å². The maximum Gasteiger partial charge on any atom is 0.332 e. The van der Waals surface area contributed by atoms with Gasteiger partial charge in [-0.05, 0) is 0 Å². The summed E-state index contributed by atoms with van der Waals surface area (Å²) in [6.07, 6.45) is 0.982. The lowest BCUT2D eigenvalue weighted by Gasteiger charge is -1.89. The zero-order chi connectivity index (χ0) is 5.70. The Bertz CT molecular complexity index is 81.4. The number of halogens is 1. The van der Waals surface area contributed by atoms with Crippen LogP contribution in [0, 0.1) is 0 Å². The van der Waals surface area contributed by atoms with Gasteiger partial charge >= 0.3 is 5.97 Å². The third-order valence-electron chi connectivity index (χ3n) is 0.373. The number of hydrogen-bond acceptors (Lipinski definition) is 3. The zero-order valence-corrected chi connectivity index (χ0v) is 4.98. The number of hydrogen-bond donors (Lipinski definition) is 1. The molecular weight excluding hydrogens is 131 g/mol. The second-order valence-corrected chi connectivity index (χ2v) is 0.797. The number of esters is 1. The van der Waals surface area contributed by atoms with Crippen LogP contribution in [0.4, 0.5) is 0 Å². The molecule has 0 aliphatic heterocycles. The summed E-state index contributed by atoms with van der Waals surface area (Å²) in [6, 6.07) is 0. The largest absolute Gasteiger partial charge is 0.436 e. The molecule has 8 heavy (non-hydrogen) atoms. The predicted octanol–water partition coefficient (Wildman–Crippen LogP) is 0.0872. The van der Waals surface area contributed by atoms with Gasteiger partial charge in [0.25, 0.3) is 0 Å². The van der Waals surface area contributed by atoms with Gasteiger partial charge in [-0.1, -0.05) is 6.58 Å². The molecule has 0 unspecified atom stereocenters. The molecular formula is C4H7ClO3. The van der Waals surface area contributed by atoms with Crippen molar-refractivity contribution in [2.75, 3.05) is 6.79 Å². The average molecular weight is 139 g/mol. The van der Waals surface area contributed by atoms with E-state index in [1.807, 2.05) is 0 Å². The molecule has 0 aliphatic carbocycles. The van der Waals surface area contributed by atoms with Gasteiger partial charge in [-0.25, -0.2) is 4.79 Å². The number of carbonyl (C=O) groups excluding carboxylic acids is 1. The van der Waals surface area contributed by atoms with Gasteiger partial charge in [0.05, 0.1) is 0 Å². The maximum atomic E-state index is 9.91. The molecule has 0 saturated carbocycles. The fraction of sp³-hybridized carbons (Fsp3) is 0.250. The van der Waals surface area contributed by atoms with Gasteiger partial charge in [0.1, 0.15) is 0 Å². The predicted molar refractivity (Wildman–Crippen MR) is 30.6 cm³/mol. The molecule has 1 N–H and O–H groups in total. The van der Waals surface area contributed by atoms with Gasteiger partial charge in [-0.3, -0.25) is 0 Å². The van der Waals surface area contributed by atoms with Crippen LogP contribution < -0.4 is 0 Å². The van der Waals surface area contributed by atoms with E-state index in [-0.39, 0.29) is 12.4 Å². The Hall–Kier alpha value is -0.540. The van der Waals surface area contributed by atoms with E-state index in [1.54, 1.807) is 0 Å². The minimum Gasteiger partial charge on any atom is -0.436 e. The molecule has 0 aromatic rings. The molecule has 48 valence electrons. The highest BCUT2D eigenvalue weighted by molar-refractivity contribution is 5.85. The van der Waals surface area contributed by atoms with E-state index in [1.165, 1.54) is 0 Å². The molecule has 0 bridgehead atoms. The van der Waals surface area contributed by atoms with Crippen LogP contribution in [0.1, 0.15) is 0 Å². The van der Waals surface area contributed by atoms with Gasteiger partial charge in [-0.15, -0.1) is 12.4 Å². The molecule has 0 aromatic carbocycles. The van der Waals surface area contributed by atoms with Crippen molar-refractivity contribution in [2.45, 2.75) is 0 Å². The summed E-state index contributed by atoms with van der Waals surface area (Å²) in [4.78, 5) is 9.91. The molecule has 4 heteroatoms. The summed E-state index contributed by atoms with van der Waals surface area (Å²) in [6.45, 7) is 2.52. The van der Waals surface area contributed by atoms with Crippen LogP contribution in [0.5, 0.6) is 0 Å². The summed E-state index contributed by atoms with van der Waals surface area (Å²) >= 11 is 0. The van der Waals surface area contributed by atoms with Crippen molar-refractivity contribution in [1.82, 2.24) is 0 Å². The van der Waals surface area contributed by atoms with E-state index in [4.69, 9.17) is 5.11 Å². The van der Waals surface area contributed by atoms with Crippen LogP contribution in [-0.2, 0) is 9.53 Å². The summed E-state index contributed by atoms with van der Waals surface area (Å²) < 4.78 is 3.99. The first-order valence-corrected chi connectivity index (χ1v) is 1.71. The minimum atomic E-state index is -0.609. The summed E-state index contributed by atoms with van der Waals surface area (Å²) in [5.74, 6) is -0.609. The molecule has 0 aromatic heterocycles. The van der Waals surface area contributed by atoms with Crippen molar-refractivity contribution in [3.63, 3.8) is 0 Å². The molecule has 3 nitrogen and oxygen atoms in total. The quantitative estimate of drug-likeness (QED) is 0.334. The third-order valence-corrected chi connectivity index (χ3v) is 0.373. The third kappa shape index (κ3) is 5.46. The summed E-state index contributed by atoms with van der Waals surface area (Å²) in [5.41, 5.74) is 0. The van der Waals surface area contributed by atoms with E-state index in [2.05, 4.69) is 11.3 Å². The summed E-state index contributed by atoms with van der Waals surface area (Å²) in [5, 5.41) is 7.88. The Labute approximate surface area is 53.4 Å². The van der Waals surface area contributed by atoms with Gasteiger partial charge in [0, 0.05) is 6.08 Å². The topological polar surface area (TPSA) is 46.5 Å². The Balaban J connectivity index is 0. The highest BCUT2D eigenvalue weighted by Crippen LogP contribution is 1.72. The Morgan fingerprint density at radius 2 is 2.38 bits per heavy atom. The SMILES string of the molecule is C=CC(=O)OCO.Cl. The van der Waals surface area contributed by atoms with Crippen molar-refractivity contribution < 1.29 is 14.6 Å². The number of carbonyl (C=O) groups is 1. The van der Waals surface area contributed by atoms with Crippen LogP contribution in [0.2, 0.25) is 0 Å². The van der Waals surface area contributed by atoms with E-state index >= 15 is 0 Å². The first-order valence-electron chi connectivity index (χ1n) is 1.71. The molecule has 0 spiro atoms. The molecule has 0 fully saturated rings. The Morgan fingerprint density at radius 3 is 2.50 bits per heavy atom. The lowest BCUT2D eigenvalue weighted by Crippen LogP contribution is -1.99. The van der Waals surface area contributed by atoms with Crippen molar-refractivity contribution >= 4 is 18.4 Å². The molecule has 0 radical (unpaired) electrons. The fourth-order valence-corrected chi connectivity index (χ4v) is 0.123. The molecule has 0 amide bonds.